The number of rotatable bonds is 1. The van der Waals surface area contributed by atoms with Crippen molar-refractivity contribution in [3.8, 4) is 0 Å². The summed E-state index contributed by atoms with van der Waals surface area (Å²) in [4.78, 5) is 0. The van der Waals surface area contributed by atoms with Gasteiger partial charge in [0.05, 0.1) is 0 Å². The van der Waals surface area contributed by atoms with E-state index in [1.165, 1.54) is 51.4 Å². The highest BCUT2D eigenvalue weighted by molar-refractivity contribution is 5.25. The molecule has 0 unspecified atom stereocenters. The van der Waals surface area contributed by atoms with Gasteiger partial charge in [0.15, 0.2) is 0 Å². The van der Waals surface area contributed by atoms with Crippen LogP contribution in [0.1, 0.15) is 58.3 Å². The van der Waals surface area contributed by atoms with Crippen LogP contribution in [-0.4, -0.2) is 0 Å². The van der Waals surface area contributed by atoms with Gasteiger partial charge in [-0.2, -0.15) is 0 Å². The van der Waals surface area contributed by atoms with Crippen molar-refractivity contribution in [2.24, 2.45) is 23.2 Å². The fourth-order valence-corrected chi connectivity index (χ4v) is 4.84. The maximum absolute atomic E-state index is 4.47. The first-order valence-electron chi connectivity index (χ1n) is 6.92. The molecule has 3 aliphatic carbocycles. The van der Waals surface area contributed by atoms with Crippen LogP contribution in [0, 0.1) is 23.2 Å². The third kappa shape index (κ3) is 1.26. The predicted octanol–water partition coefficient (Wildman–Crippen LogP) is 4.56. The Morgan fingerprint density at radius 1 is 1.00 bits per heavy atom. The third-order valence-corrected chi connectivity index (χ3v) is 5.92. The lowest BCUT2D eigenvalue weighted by atomic mass is 9.60. The second-order valence-electron chi connectivity index (χ2n) is 6.35. The second kappa shape index (κ2) is 3.37. The summed E-state index contributed by atoms with van der Waals surface area (Å²) in [6.07, 6.45) is 11.8. The van der Waals surface area contributed by atoms with Gasteiger partial charge < -0.3 is 0 Å². The van der Waals surface area contributed by atoms with Crippen molar-refractivity contribution >= 4 is 0 Å². The molecule has 3 fully saturated rings. The lowest BCUT2D eigenvalue weighted by molar-refractivity contribution is 0.115. The van der Waals surface area contributed by atoms with Crippen LogP contribution in [0.25, 0.3) is 0 Å². The van der Waals surface area contributed by atoms with E-state index in [9.17, 15) is 0 Å². The van der Waals surface area contributed by atoms with Crippen LogP contribution >= 0.6 is 0 Å². The van der Waals surface area contributed by atoms with Gasteiger partial charge in [-0.25, -0.2) is 0 Å². The first-order valence-corrected chi connectivity index (χ1v) is 6.92. The molecular weight excluding hydrogens is 180 g/mol. The fourth-order valence-electron chi connectivity index (χ4n) is 4.84. The SMILES string of the molecule is C=C1[C@H]2CC[C@H](C2)[C@]1(C)C1CCCCC1. The molecule has 3 saturated carbocycles. The zero-order chi connectivity index (χ0) is 10.5. The maximum atomic E-state index is 4.47. The summed E-state index contributed by atoms with van der Waals surface area (Å²) < 4.78 is 0. The molecular formula is C15H24. The van der Waals surface area contributed by atoms with Gasteiger partial charge in [0.2, 0.25) is 0 Å². The molecule has 0 spiro atoms. The monoisotopic (exact) mass is 204 g/mol. The number of hydrogen-bond donors (Lipinski definition) is 0. The zero-order valence-electron chi connectivity index (χ0n) is 10.1. The first-order chi connectivity index (χ1) is 7.23. The summed E-state index contributed by atoms with van der Waals surface area (Å²) in [5, 5.41) is 0. The summed E-state index contributed by atoms with van der Waals surface area (Å²) in [6, 6.07) is 0. The molecule has 3 aliphatic rings. The van der Waals surface area contributed by atoms with E-state index in [4.69, 9.17) is 0 Å². The Bertz CT molecular complexity index is 272. The van der Waals surface area contributed by atoms with Crippen LogP contribution in [0.2, 0.25) is 0 Å². The molecule has 2 bridgehead atoms. The molecule has 0 saturated heterocycles. The maximum Gasteiger partial charge on any atom is -0.00596 e. The second-order valence-corrected chi connectivity index (χ2v) is 6.35. The van der Waals surface area contributed by atoms with Gasteiger partial charge in [-0.3, -0.25) is 0 Å². The lowest BCUT2D eigenvalue weighted by Crippen LogP contribution is -2.35. The Kier molecular flexibility index (Phi) is 2.23. The molecule has 0 nitrogen and oxygen atoms in total. The molecule has 0 amide bonds. The standard InChI is InChI=1S/C15H24/c1-11-12-8-9-14(10-12)15(11,2)13-6-4-3-5-7-13/h12-14H,1,3-10H2,2H3/t12-,14+,15-/m0/s1. The van der Waals surface area contributed by atoms with E-state index in [1.807, 2.05) is 0 Å². The predicted molar refractivity (Wildman–Crippen MR) is 64.7 cm³/mol. The molecule has 0 aromatic heterocycles. The topological polar surface area (TPSA) is 0 Å². The smallest absolute Gasteiger partial charge is 0.00596 e. The Labute approximate surface area is 94.1 Å². The van der Waals surface area contributed by atoms with Crippen molar-refractivity contribution in [3.05, 3.63) is 12.2 Å². The highest BCUT2D eigenvalue weighted by Crippen LogP contribution is 2.63. The van der Waals surface area contributed by atoms with Crippen LogP contribution in [0.3, 0.4) is 0 Å². The summed E-state index contributed by atoms with van der Waals surface area (Å²) in [7, 11) is 0. The van der Waals surface area contributed by atoms with E-state index in [-0.39, 0.29) is 0 Å². The van der Waals surface area contributed by atoms with Crippen LogP contribution < -0.4 is 0 Å². The minimum absolute atomic E-state index is 0.545. The number of hydrogen-bond acceptors (Lipinski definition) is 0. The summed E-state index contributed by atoms with van der Waals surface area (Å²) in [5.74, 6) is 2.88. The quantitative estimate of drug-likeness (QED) is 0.549. The van der Waals surface area contributed by atoms with Gasteiger partial charge in [-0.1, -0.05) is 38.3 Å². The van der Waals surface area contributed by atoms with Gasteiger partial charge in [0, 0.05) is 0 Å². The van der Waals surface area contributed by atoms with E-state index in [1.54, 1.807) is 5.57 Å². The minimum atomic E-state index is 0.545. The van der Waals surface area contributed by atoms with Gasteiger partial charge in [-0.05, 0) is 55.3 Å². The molecule has 3 rings (SSSR count). The molecule has 0 aliphatic heterocycles. The lowest BCUT2D eigenvalue weighted by Gasteiger charge is -2.44. The van der Waals surface area contributed by atoms with Crippen molar-refractivity contribution < 1.29 is 0 Å². The third-order valence-electron chi connectivity index (χ3n) is 5.92. The molecule has 0 N–H and O–H groups in total. The summed E-state index contributed by atoms with van der Waals surface area (Å²) >= 11 is 0. The van der Waals surface area contributed by atoms with E-state index < -0.39 is 0 Å². The Balaban J connectivity index is 1.85. The van der Waals surface area contributed by atoms with E-state index in [0.29, 0.717) is 5.41 Å². The van der Waals surface area contributed by atoms with Gasteiger partial charge in [-0.15, -0.1) is 0 Å². The molecule has 0 aromatic rings. The van der Waals surface area contributed by atoms with Crippen molar-refractivity contribution in [1.29, 1.82) is 0 Å². The van der Waals surface area contributed by atoms with Crippen LogP contribution in [0.15, 0.2) is 12.2 Å². The zero-order valence-corrected chi connectivity index (χ0v) is 10.1. The first kappa shape index (κ1) is 9.93. The van der Waals surface area contributed by atoms with Crippen molar-refractivity contribution in [1.82, 2.24) is 0 Å². The van der Waals surface area contributed by atoms with E-state index >= 15 is 0 Å². The fraction of sp³-hybridized carbons (Fsp3) is 0.867. The van der Waals surface area contributed by atoms with Crippen molar-refractivity contribution in [2.75, 3.05) is 0 Å². The van der Waals surface area contributed by atoms with Gasteiger partial charge in [0.1, 0.15) is 0 Å². The van der Waals surface area contributed by atoms with Crippen LogP contribution in [0.5, 0.6) is 0 Å². The average Bonchev–Trinajstić information content (AvgIpc) is 2.84. The molecule has 0 radical (unpaired) electrons. The Morgan fingerprint density at radius 3 is 2.33 bits per heavy atom. The molecule has 0 heterocycles. The Morgan fingerprint density at radius 2 is 1.73 bits per heavy atom. The van der Waals surface area contributed by atoms with Gasteiger partial charge >= 0.3 is 0 Å². The van der Waals surface area contributed by atoms with Crippen molar-refractivity contribution in [2.45, 2.75) is 58.3 Å². The highest BCUT2D eigenvalue weighted by atomic mass is 14.6. The summed E-state index contributed by atoms with van der Waals surface area (Å²) in [6.45, 7) is 7.02. The normalized spacial score (nSPS) is 46.3. The van der Waals surface area contributed by atoms with Gasteiger partial charge in [0.25, 0.3) is 0 Å². The number of fused-ring (bicyclic) bond motifs is 2. The Hall–Kier alpha value is -0.260. The largest absolute Gasteiger partial charge is 0.0990 e. The molecule has 0 heteroatoms. The molecule has 3 atom stereocenters. The van der Waals surface area contributed by atoms with Crippen LogP contribution in [0.4, 0.5) is 0 Å². The average molecular weight is 204 g/mol. The summed E-state index contributed by atoms with van der Waals surface area (Å²) in [5.41, 5.74) is 2.19. The van der Waals surface area contributed by atoms with E-state index in [2.05, 4.69) is 13.5 Å². The van der Waals surface area contributed by atoms with Crippen LogP contribution in [-0.2, 0) is 0 Å². The molecule has 15 heavy (non-hydrogen) atoms. The highest BCUT2D eigenvalue weighted by Gasteiger charge is 2.54. The minimum Gasteiger partial charge on any atom is -0.0990 e. The molecule has 84 valence electrons. The molecule has 0 aromatic carbocycles. The number of allylic oxidation sites excluding steroid dienone is 1. The van der Waals surface area contributed by atoms with Crippen molar-refractivity contribution in [3.63, 3.8) is 0 Å². The van der Waals surface area contributed by atoms with E-state index in [0.717, 1.165) is 17.8 Å².